The Kier molecular flexibility index (Phi) is 44.5. The number of pyridine rings is 1. The van der Waals surface area contributed by atoms with Crippen LogP contribution in [0, 0.1) is 0 Å². The minimum absolute atomic E-state index is 0.196. The minimum atomic E-state index is -2.80. The lowest BCUT2D eigenvalue weighted by Gasteiger charge is -2.52. The van der Waals surface area contributed by atoms with E-state index < -0.39 is 446 Å². The summed E-state index contributed by atoms with van der Waals surface area (Å²) in [6.45, 7) is -7.91. The first-order chi connectivity index (χ1) is 69.2. The highest BCUT2D eigenvalue weighted by molar-refractivity contribution is 5.75. The normalized spacial score (nSPS) is 44.2. The summed E-state index contributed by atoms with van der Waals surface area (Å²) in [5, 5.41) is 349. The number of aliphatic hydroxyl groups excluding tert-OH is 29. The molecule has 0 spiro atoms. The topological polar surface area (TPSA) is 971 Å². The van der Waals surface area contributed by atoms with Gasteiger partial charge in [-0.3, -0.25) is 28.8 Å². The van der Waals surface area contributed by atoms with Crippen molar-refractivity contribution in [3.05, 3.63) is 24.4 Å². The van der Waals surface area contributed by atoms with E-state index in [1.54, 1.807) is 12.1 Å². The minimum Gasteiger partial charge on any atom is -0.394 e. The summed E-state index contributed by atoms with van der Waals surface area (Å²) in [5.74, 6) is -5.51. The summed E-state index contributed by atoms with van der Waals surface area (Å²) in [7, 11) is 0. The third-order valence-corrected chi connectivity index (χ3v) is 26.0. The number of anilines is 1. The predicted octanol–water partition coefficient (Wildman–Crippen LogP) is -23.0. The molecule has 0 aliphatic carbocycles. The maximum absolute atomic E-state index is 13.5. The van der Waals surface area contributed by atoms with E-state index in [-0.39, 0.29) is 5.82 Å². The molecule has 63 heteroatoms. The summed E-state index contributed by atoms with van der Waals surface area (Å²) < 4.78 is 122. The highest BCUT2D eigenvalue weighted by Crippen LogP contribution is 2.42. The Morgan fingerprint density at radius 3 is 1.01 bits per heavy atom. The Hall–Kier alpha value is -6.19. The summed E-state index contributed by atoms with van der Waals surface area (Å²) in [6.07, 6.45) is -105. The molecule has 1 aromatic rings. The summed E-state index contributed by atoms with van der Waals surface area (Å²) >= 11 is 0. The fourth-order valence-electron chi connectivity index (χ4n) is 18.4. The van der Waals surface area contributed by atoms with Gasteiger partial charge in [0.1, 0.15) is 268 Å². The number of rotatable bonds is 43. The number of nitrogens with one attached hydrogen (secondary N) is 7. The zero-order chi connectivity index (χ0) is 107. The first-order valence-corrected chi connectivity index (χ1v) is 46.6. The summed E-state index contributed by atoms with van der Waals surface area (Å²) in [6, 6.07) is -6.79. The van der Waals surface area contributed by atoms with Gasteiger partial charge in [0.2, 0.25) is 35.4 Å². The molecular weight excluding hydrogens is 1990 g/mol. The Labute approximate surface area is 828 Å². The molecule has 36 N–H and O–H groups in total. The van der Waals surface area contributed by atoms with Crippen LogP contribution < -0.4 is 37.2 Å². The maximum Gasteiger partial charge on any atom is 0.217 e. The van der Waals surface area contributed by atoms with Crippen molar-refractivity contribution < 1.29 is 272 Å². The smallest absolute Gasteiger partial charge is 0.217 e. The second-order valence-corrected chi connectivity index (χ2v) is 36.5. The van der Waals surface area contributed by atoms with Gasteiger partial charge >= 0.3 is 0 Å². The van der Waals surface area contributed by atoms with Crippen molar-refractivity contribution in [2.75, 3.05) is 84.5 Å². The van der Waals surface area contributed by atoms with Crippen LogP contribution >= 0.6 is 0 Å². The standard InChI is InChI=1S/C83H136N8O55/c1-23(101)86-29(11-85-41-9-7-8-10-84-41)47(108)66(30(107)12-92)139-76-44(89-26(4)104)56(117)69(37(19-99)133-76)143-81-65(126)71(144-83-73(64(125)70(38(20-100)136-83)140-75-43(88-25(3)103)55(116)49(110)32(14-94)130-75)146-78-46(91-28(6)106)58(119)68(36(18-98)135-78)142-80-63(124)60(121)51(112)34(16-96)132-80)53(114)40(137-81)22-128-82-72(61(122)52(113)39(138-82)21-127-74-42(87-24(2)102)54(115)48(109)31(13-93)129-74)145-77-45(90-27(5)105)57(118)67(35(17-97)134-77)141-79-62(123)59(120)50(111)33(15-95)131-79/h7-10,29-40,42-83,92-100,107-126H,11-22H2,1-6H3,(H,84,85)(H,86,101)(H,87,102)(H,88,103)(H,89,104)(H,90,105)(H,91,106)/t29-,30+,31+,32+,33+,34+,35+,36+,37+,38+,39+,40+,42+,43+,44+,45+,46+,47+,48+,49+,50-,51-,52+,53+,54+,55+,56+,57+,58+,59-,60-,61-,62+,63+,64-,65-,66+,67+,68+,69+,70+,71-,72-,73-,74+,75-,76-,77-,78-,79-,80-,81-,82-,83+/m0/s1. The number of amides is 6. The van der Waals surface area contributed by atoms with Gasteiger partial charge in [0.05, 0.1) is 78.7 Å². The van der Waals surface area contributed by atoms with Crippen molar-refractivity contribution >= 4 is 41.3 Å². The average molecular weight is 2130 g/mol. The van der Waals surface area contributed by atoms with Crippen LogP contribution in [-0.4, -0.2) is 599 Å². The molecule has 6 amide bonds. The highest BCUT2D eigenvalue weighted by Gasteiger charge is 2.63. The van der Waals surface area contributed by atoms with Crippen molar-refractivity contribution in [3.8, 4) is 0 Å². The second-order valence-electron chi connectivity index (χ2n) is 36.5. The number of aliphatic hydroxyl groups is 29. The molecule has 838 valence electrons. The first kappa shape index (κ1) is 120. The number of hydrogen-bond donors (Lipinski definition) is 36. The van der Waals surface area contributed by atoms with Crippen LogP contribution in [0.25, 0.3) is 0 Å². The van der Waals surface area contributed by atoms with E-state index in [0.717, 1.165) is 41.5 Å². The molecule has 0 radical (unpaired) electrons. The Morgan fingerprint density at radius 2 is 0.610 bits per heavy atom. The third-order valence-electron chi connectivity index (χ3n) is 26.0. The van der Waals surface area contributed by atoms with Crippen molar-refractivity contribution in [1.29, 1.82) is 0 Å². The second kappa shape index (κ2) is 54.1. The Bertz CT molecular complexity index is 4210. The van der Waals surface area contributed by atoms with E-state index in [9.17, 15) is 177 Å². The van der Waals surface area contributed by atoms with Gasteiger partial charge < -0.3 is 280 Å². The highest BCUT2D eigenvalue weighted by atomic mass is 16.8. The van der Waals surface area contributed by atoms with Crippen LogP contribution in [0.5, 0.6) is 0 Å². The van der Waals surface area contributed by atoms with E-state index in [1.165, 1.54) is 12.3 Å². The van der Waals surface area contributed by atoms with Crippen molar-refractivity contribution in [3.63, 3.8) is 0 Å². The van der Waals surface area contributed by atoms with Gasteiger partial charge in [-0.15, -0.1) is 0 Å². The lowest BCUT2D eigenvalue weighted by molar-refractivity contribution is -0.405. The number of carbonyl (C=O) groups is 6. The van der Waals surface area contributed by atoms with Gasteiger partial charge in [-0.05, 0) is 12.1 Å². The molecule has 0 saturated carbocycles. The van der Waals surface area contributed by atoms with Gasteiger partial charge in [0.15, 0.2) is 62.9 Å². The molecule has 63 nitrogen and oxygen atoms in total. The number of hydrogen-bond acceptors (Lipinski definition) is 57. The quantitative estimate of drug-likeness (QED) is 0.0289. The lowest BCUT2D eigenvalue weighted by atomic mass is 9.93. The van der Waals surface area contributed by atoms with E-state index in [2.05, 4.69) is 42.2 Å². The molecule has 10 saturated heterocycles. The molecule has 0 bridgehead atoms. The molecule has 0 aromatic carbocycles. The largest absolute Gasteiger partial charge is 0.394 e. The fourth-order valence-corrected chi connectivity index (χ4v) is 18.4. The van der Waals surface area contributed by atoms with Gasteiger partial charge in [-0.1, -0.05) is 6.07 Å². The molecule has 11 heterocycles. The SMILES string of the molecule is CC(=O)N[C@H]1[C@H](O[C@@H]([C@H](O)[C@H](CNc2ccccn2)NC(C)=O)[C@H](O)CO)O[C@H](CO)[C@@H](O[C@@H]2O[C@H](CO[C@H]3O[C@H](CO[C@@H]4O[C@H](CO)[C@@H](O)[C@H](O)[C@H]4NC(C)=O)[C@@H](O)[C@H](O)[C@@H]3O[C@@H]3O[C@H](CO)[C@@H](O[C@@H]4O[C@H](CO)[C@H](O)[C@H](O)[C@H]4O)[C@H](O)[C@H]3NC(C)=O)[C@@H](O)[C@H](O[C@H]3O[C@H](CO)[C@@H](O[C@@H]4O[C@H](CO)[C@@H](O)[C@H](O)[C@H]4NC(C)=O)[C@H](O)[C@@H]3O[C@@H]3O[C@H](CO)[C@@H](O[C@@H]4O[C@H](CO)[C@H](O)[C@H](O)[C@H]4O)[C@H](O)[C@H]3NC(C)=O)[C@@H]2O)[C@@H]1O. The van der Waals surface area contributed by atoms with Gasteiger partial charge in [-0.2, -0.15) is 0 Å². The lowest BCUT2D eigenvalue weighted by Crippen LogP contribution is -2.71. The molecular formula is C83H136N8O55. The molecule has 54 atom stereocenters. The maximum atomic E-state index is 13.5. The van der Waals surface area contributed by atoms with Crippen LogP contribution in [-0.2, 0) is 124 Å². The average Bonchev–Trinajstić information content (AvgIpc) is 0.752. The zero-order valence-corrected chi connectivity index (χ0v) is 79.0. The van der Waals surface area contributed by atoms with Crippen LogP contribution in [0.2, 0.25) is 0 Å². The molecule has 1 aromatic heterocycles. The number of carbonyl (C=O) groups excluding carboxylic acids is 6. The summed E-state index contributed by atoms with van der Waals surface area (Å²) in [5.41, 5.74) is 0. The third kappa shape index (κ3) is 28.1. The van der Waals surface area contributed by atoms with Crippen LogP contribution in [0.1, 0.15) is 41.5 Å². The number of ether oxygens (including phenoxy) is 20. The predicted molar refractivity (Wildman–Crippen MR) is 460 cm³/mol. The number of nitrogens with zero attached hydrogens (tertiary/aromatic N) is 1. The van der Waals surface area contributed by atoms with Crippen molar-refractivity contribution in [2.24, 2.45) is 0 Å². The summed E-state index contributed by atoms with van der Waals surface area (Å²) in [4.78, 5) is 82.6. The first-order valence-electron chi connectivity index (χ1n) is 46.6. The monoisotopic (exact) mass is 2120 g/mol. The van der Waals surface area contributed by atoms with Crippen LogP contribution in [0.4, 0.5) is 5.82 Å². The molecule has 146 heavy (non-hydrogen) atoms. The van der Waals surface area contributed by atoms with Gasteiger partial charge in [-0.25, -0.2) is 4.98 Å². The van der Waals surface area contributed by atoms with Crippen LogP contribution in [0.15, 0.2) is 24.4 Å². The van der Waals surface area contributed by atoms with E-state index in [0.29, 0.717) is 0 Å². The molecule has 10 aliphatic heterocycles. The number of aromatic nitrogens is 1. The van der Waals surface area contributed by atoms with Gasteiger partial charge in [0.25, 0.3) is 0 Å². The fraction of sp³-hybridized carbons (Fsp3) is 0.867. The van der Waals surface area contributed by atoms with E-state index in [1.807, 2.05) is 0 Å². The van der Waals surface area contributed by atoms with Crippen molar-refractivity contribution in [1.82, 2.24) is 36.9 Å². The molecule has 10 fully saturated rings. The molecule has 11 rings (SSSR count). The van der Waals surface area contributed by atoms with E-state index >= 15 is 0 Å². The van der Waals surface area contributed by atoms with Crippen molar-refractivity contribution in [2.45, 2.75) is 373 Å². The zero-order valence-electron chi connectivity index (χ0n) is 79.0. The Morgan fingerprint density at radius 1 is 0.301 bits per heavy atom. The Balaban J connectivity index is 1.02. The molecule has 10 aliphatic rings. The van der Waals surface area contributed by atoms with E-state index in [4.69, 9.17) is 94.7 Å². The van der Waals surface area contributed by atoms with Gasteiger partial charge in [0, 0.05) is 54.3 Å². The van der Waals surface area contributed by atoms with Crippen LogP contribution in [0.3, 0.4) is 0 Å². The molecule has 0 unspecified atom stereocenters.